The molecule has 0 bridgehead atoms. The summed E-state index contributed by atoms with van der Waals surface area (Å²) in [5.74, 6) is 1.50. The fraction of sp³-hybridized carbons (Fsp3) is 0.333. The van der Waals surface area contributed by atoms with Crippen LogP contribution >= 0.6 is 23.2 Å². The van der Waals surface area contributed by atoms with Crippen molar-refractivity contribution in [2.45, 2.75) is 19.3 Å². The predicted molar refractivity (Wildman–Crippen MR) is 80.7 cm³/mol. The van der Waals surface area contributed by atoms with E-state index in [1.807, 2.05) is 24.3 Å². The van der Waals surface area contributed by atoms with Gasteiger partial charge in [-0.15, -0.1) is 11.6 Å². The van der Waals surface area contributed by atoms with Gasteiger partial charge in [-0.1, -0.05) is 35.9 Å². The number of halogens is 2. The molecule has 0 spiro atoms. The third kappa shape index (κ3) is 3.46. The van der Waals surface area contributed by atoms with E-state index in [-0.39, 0.29) is 5.75 Å². The summed E-state index contributed by atoms with van der Waals surface area (Å²) in [5.41, 5.74) is 0. The number of hydrogen-bond acceptors (Lipinski definition) is 2. The Bertz CT molecular complexity index is 555. The van der Waals surface area contributed by atoms with Crippen molar-refractivity contribution in [3.05, 3.63) is 35.4 Å². The van der Waals surface area contributed by atoms with Crippen molar-refractivity contribution in [1.29, 1.82) is 0 Å². The molecule has 19 heavy (non-hydrogen) atoms. The number of unbranched alkanes of at least 4 members (excludes halogenated alkanes) is 2. The minimum Gasteiger partial charge on any atom is -0.506 e. The Morgan fingerprint density at radius 3 is 2.53 bits per heavy atom. The highest BCUT2D eigenvalue weighted by Gasteiger charge is 2.10. The SMILES string of the molecule is Oc1c(Cl)cc(OCCCCCCl)c2ccccc12. The van der Waals surface area contributed by atoms with Crippen LogP contribution in [0.25, 0.3) is 10.8 Å². The first-order valence-corrected chi connectivity index (χ1v) is 7.24. The van der Waals surface area contributed by atoms with Gasteiger partial charge in [0.1, 0.15) is 11.5 Å². The lowest BCUT2D eigenvalue weighted by Gasteiger charge is -2.11. The lowest BCUT2D eigenvalue weighted by molar-refractivity contribution is 0.309. The lowest BCUT2D eigenvalue weighted by atomic mass is 10.1. The van der Waals surface area contributed by atoms with Crippen LogP contribution in [0.2, 0.25) is 5.02 Å². The molecule has 2 nitrogen and oxygen atoms in total. The summed E-state index contributed by atoms with van der Waals surface area (Å²) in [7, 11) is 0. The molecule has 0 aliphatic rings. The van der Waals surface area contributed by atoms with E-state index in [0.29, 0.717) is 28.6 Å². The van der Waals surface area contributed by atoms with Crippen LogP contribution in [-0.4, -0.2) is 17.6 Å². The third-order valence-corrected chi connectivity index (χ3v) is 3.52. The van der Waals surface area contributed by atoms with Crippen LogP contribution in [-0.2, 0) is 0 Å². The minimum absolute atomic E-state index is 0.103. The minimum atomic E-state index is 0.103. The predicted octanol–water partition coefficient (Wildman–Crippen LogP) is 4.99. The zero-order valence-corrected chi connectivity index (χ0v) is 12.0. The molecular formula is C15H16Cl2O2. The summed E-state index contributed by atoms with van der Waals surface area (Å²) in [6.45, 7) is 0.627. The van der Waals surface area contributed by atoms with E-state index >= 15 is 0 Å². The van der Waals surface area contributed by atoms with Crippen molar-refractivity contribution in [2.75, 3.05) is 12.5 Å². The molecule has 0 heterocycles. The molecule has 1 N–H and O–H groups in total. The molecule has 0 fully saturated rings. The van der Waals surface area contributed by atoms with E-state index in [2.05, 4.69) is 0 Å². The topological polar surface area (TPSA) is 29.5 Å². The van der Waals surface area contributed by atoms with Crippen molar-refractivity contribution in [3.8, 4) is 11.5 Å². The van der Waals surface area contributed by atoms with Gasteiger partial charge in [0, 0.05) is 22.7 Å². The summed E-state index contributed by atoms with van der Waals surface area (Å²) in [4.78, 5) is 0. The second-order valence-corrected chi connectivity index (χ2v) is 5.13. The molecule has 0 amide bonds. The number of aromatic hydroxyl groups is 1. The first-order chi connectivity index (χ1) is 9.24. The van der Waals surface area contributed by atoms with E-state index in [4.69, 9.17) is 27.9 Å². The van der Waals surface area contributed by atoms with Gasteiger partial charge in [-0.25, -0.2) is 0 Å². The molecule has 2 aromatic rings. The fourth-order valence-corrected chi connectivity index (χ4v) is 2.36. The van der Waals surface area contributed by atoms with Crippen molar-refractivity contribution in [3.63, 3.8) is 0 Å². The molecule has 4 heteroatoms. The van der Waals surface area contributed by atoms with Crippen molar-refractivity contribution < 1.29 is 9.84 Å². The third-order valence-electron chi connectivity index (χ3n) is 2.97. The largest absolute Gasteiger partial charge is 0.506 e. The van der Waals surface area contributed by atoms with E-state index in [9.17, 15) is 5.11 Å². The van der Waals surface area contributed by atoms with E-state index in [0.717, 1.165) is 24.6 Å². The Kier molecular flexibility index (Phi) is 5.17. The Morgan fingerprint density at radius 1 is 1.05 bits per heavy atom. The Labute approximate surface area is 122 Å². The van der Waals surface area contributed by atoms with Gasteiger partial charge in [0.15, 0.2) is 0 Å². The molecule has 2 rings (SSSR count). The van der Waals surface area contributed by atoms with Gasteiger partial charge in [-0.05, 0) is 19.3 Å². The summed E-state index contributed by atoms with van der Waals surface area (Å²) >= 11 is 11.6. The molecule has 0 saturated heterocycles. The maximum atomic E-state index is 9.92. The van der Waals surface area contributed by atoms with Gasteiger partial charge >= 0.3 is 0 Å². The van der Waals surface area contributed by atoms with Crippen molar-refractivity contribution in [2.24, 2.45) is 0 Å². The Morgan fingerprint density at radius 2 is 1.79 bits per heavy atom. The lowest BCUT2D eigenvalue weighted by Crippen LogP contribution is -1.98. The quantitative estimate of drug-likeness (QED) is 0.601. The number of rotatable bonds is 6. The van der Waals surface area contributed by atoms with Gasteiger partial charge in [0.25, 0.3) is 0 Å². The molecular weight excluding hydrogens is 283 g/mol. The highest BCUT2D eigenvalue weighted by Crippen LogP contribution is 2.38. The maximum absolute atomic E-state index is 9.92. The number of phenols is 1. The Balaban J connectivity index is 2.16. The number of phenolic OH excluding ortho intramolecular Hbond substituents is 1. The summed E-state index contributed by atoms with van der Waals surface area (Å²) < 4.78 is 5.76. The normalized spacial score (nSPS) is 10.8. The average Bonchev–Trinajstić information content (AvgIpc) is 2.44. The highest BCUT2D eigenvalue weighted by atomic mass is 35.5. The number of alkyl halides is 1. The van der Waals surface area contributed by atoms with E-state index in [1.54, 1.807) is 6.07 Å². The van der Waals surface area contributed by atoms with Crippen LogP contribution in [0.4, 0.5) is 0 Å². The van der Waals surface area contributed by atoms with Crippen LogP contribution in [0.3, 0.4) is 0 Å². The van der Waals surface area contributed by atoms with Crippen molar-refractivity contribution in [1.82, 2.24) is 0 Å². The van der Waals surface area contributed by atoms with Gasteiger partial charge in [-0.2, -0.15) is 0 Å². The molecule has 0 aliphatic heterocycles. The molecule has 2 aromatic carbocycles. The average molecular weight is 299 g/mol. The fourth-order valence-electron chi connectivity index (χ4n) is 1.97. The zero-order valence-electron chi connectivity index (χ0n) is 10.5. The maximum Gasteiger partial charge on any atom is 0.142 e. The second kappa shape index (κ2) is 6.88. The van der Waals surface area contributed by atoms with Crippen LogP contribution in [0, 0.1) is 0 Å². The second-order valence-electron chi connectivity index (χ2n) is 4.35. The zero-order chi connectivity index (χ0) is 13.7. The van der Waals surface area contributed by atoms with Crippen LogP contribution in [0.1, 0.15) is 19.3 Å². The number of ether oxygens (including phenoxy) is 1. The molecule has 0 saturated carbocycles. The molecule has 102 valence electrons. The van der Waals surface area contributed by atoms with Crippen molar-refractivity contribution >= 4 is 34.0 Å². The molecule has 0 atom stereocenters. The Hall–Kier alpha value is -1.12. The van der Waals surface area contributed by atoms with Gasteiger partial charge in [0.05, 0.1) is 11.6 Å². The summed E-state index contributed by atoms with van der Waals surface area (Å²) in [6.07, 6.45) is 3.01. The van der Waals surface area contributed by atoms with Gasteiger partial charge < -0.3 is 9.84 Å². The van der Waals surface area contributed by atoms with E-state index < -0.39 is 0 Å². The number of hydrogen-bond donors (Lipinski definition) is 1. The van der Waals surface area contributed by atoms with Crippen LogP contribution in [0.15, 0.2) is 30.3 Å². The molecule has 0 aliphatic carbocycles. The first-order valence-electron chi connectivity index (χ1n) is 6.33. The number of benzene rings is 2. The highest BCUT2D eigenvalue weighted by molar-refractivity contribution is 6.33. The number of fused-ring (bicyclic) bond motifs is 1. The monoisotopic (exact) mass is 298 g/mol. The molecule has 0 radical (unpaired) electrons. The van der Waals surface area contributed by atoms with Crippen LogP contribution in [0.5, 0.6) is 11.5 Å². The molecule has 0 aromatic heterocycles. The smallest absolute Gasteiger partial charge is 0.142 e. The molecule has 0 unspecified atom stereocenters. The van der Waals surface area contributed by atoms with Gasteiger partial charge in [0.2, 0.25) is 0 Å². The summed E-state index contributed by atoms with van der Waals surface area (Å²) in [6, 6.07) is 9.19. The van der Waals surface area contributed by atoms with E-state index in [1.165, 1.54) is 0 Å². The first kappa shape index (κ1) is 14.3. The summed E-state index contributed by atoms with van der Waals surface area (Å²) in [5, 5.41) is 11.8. The standard InChI is InChI=1S/C15H16Cl2O2/c16-8-4-1-5-9-19-14-10-13(17)15(18)12-7-3-2-6-11(12)14/h2-3,6-7,10,18H,1,4-5,8-9H2. The van der Waals surface area contributed by atoms with Crippen LogP contribution < -0.4 is 4.74 Å². The van der Waals surface area contributed by atoms with Gasteiger partial charge in [-0.3, -0.25) is 0 Å².